The maximum absolute atomic E-state index is 12.3. The van der Waals surface area contributed by atoms with Crippen LogP contribution in [0.15, 0.2) is 29.2 Å². The molecule has 0 aliphatic carbocycles. The van der Waals surface area contributed by atoms with Crippen LogP contribution in [0.2, 0.25) is 0 Å². The Hall–Kier alpha value is -1.55. The maximum atomic E-state index is 12.3. The number of hydrogen-bond acceptors (Lipinski definition) is 7. The fourth-order valence-corrected chi connectivity index (χ4v) is 4.06. The first-order chi connectivity index (χ1) is 11.5. The maximum Gasteiger partial charge on any atom is 0.240 e. The van der Waals surface area contributed by atoms with Gasteiger partial charge in [-0.3, -0.25) is 0 Å². The Bertz CT molecular complexity index is 768. The van der Waals surface area contributed by atoms with Gasteiger partial charge in [-0.05, 0) is 37.5 Å². The summed E-state index contributed by atoms with van der Waals surface area (Å²) in [6.07, 6.45) is 1.87. The average molecular weight is 368 g/mol. The van der Waals surface area contributed by atoms with Crippen molar-refractivity contribution in [1.29, 1.82) is 0 Å². The number of sulfonamides is 1. The number of hydrogen-bond donors (Lipinski definition) is 2. The third-order valence-corrected chi connectivity index (χ3v) is 5.93. The molecule has 24 heavy (non-hydrogen) atoms. The highest BCUT2D eigenvalue weighted by Crippen LogP contribution is 2.15. The number of ether oxygens (including phenoxy) is 1. The minimum atomic E-state index is -3.50. The molecular weight excluding hydrogens is 348 g/mol. The minimum Gasteiger partial charge on any atom is -0.377 e. The van der Waals surface area contributed by atoms with Crippen molar-refractivity contribution in [3.8, 4) is 0 Å². The van der Waals surface area contributed by atoms with Crippen molar-refractivity contribution >= 4 is 26.7 Å². The smallest absolute Gasteiger partial charge is 0.240 e. The second-order valence-corrected chi connectivity index (χ2v) is 8.15. The molecule has 1 saturated heterocycles. The number of aromatic nitrogens is 2. The minimum absolute atomic E-state index is 0.0152. The molecule has 1 unspecified atom stereocenters. The van der Waals surface area contributed by atoms with Crippen LogP contribution in [0.1, 0.15) is 24.2 Å². The summed E-state index contributed by atoms with van der Waals surface area (Å²) in [5.41, 5.74) is 0.973. The summed E-state index contributed by atoms with van der Waals surface area (Å²) in [4.78, 5) is 4.48. The Kier molecular flexibility index (Phi) is 5.44. The predicted molar refractivity (Wildman–Crippen MR) is 92.6 cm³/mol. The molecule has 2 N–H and O–H groups in total. The number of aryl methyl sites for hydroxylation is 1. The molecule has 0 amide bonds. The lowest BCUT2D eigenvalue weighted by molar-refractivity contribution is 0.114. The van der Waals surface area contributed by atoms with Crippen LogP contribution in [0.5, 0.6) is 0 Å². The van der Waals surface area contributed by atoms with Crippen molar-refractivity contribution in [3.05, 3.63) is 35.7 Å². The topological polar surface area (TPSA) is 93.2 Å². The molecule has 0 spiro atoms. The van der Waals surface area contributed by atoms with Crippen LogP contribution < -0.4 is 10.0 Å². The zero-order valence-electron chi connectivity index (χ0n) is 13.4. The van der Waals surface area contributed by atoms with E-state index in [1.54, 1.807) is 24.3 Å². The Balaban J connectivity index is 1.56. The third-order valence-electron chi connectivity index (χ3n) is 3.73. The fourth-order valence-electron chi connectivity index (χ4n) is 2.42. The molecule has 130 valence electrons. The first-order valence-electron chi connectivity index (χ1n) is 7.77. The Morgan fingerprint density at radius 2 is 2.12 bits per heavy atom. The fraction of sp³-hybridized carbons (Fsp3) is 0.467. The molecule has 2 aromatic rings. The molecule has 1 aliphatic rings. The van der Waals surface area contributed by atoms with E-state index in [1.807, 2.05) is 6.92 Å². The van der Waals surface area contributed by atoms with Crippen molar-refractivity contribution in [3.63, 3.8) is 0 Å². The quantitative estimate of drug-likeness (QED) is 0.775. The standard InChI is InChI=1S/C15H20N4O3S2/c1-11-18-15(23-19-11)16-9-12-4-6-14(7-5-12)24(20,21)17-10-13-3-2-8-22-13/h4-7,13,17H,2-3,8-10H2,1H3,(H,16,18,19). The van der Waals surface area contributed by atoms with Crippen molar-refractivity contribution in [2.45, 2.75) is 37.3 Å². The zero-order valence-corrected chi connectivity index (χ0v) is 15.0. The first-order valence-corrected chi connectivity index (χ1v) is 10.0. The highest BCUT2D eigenvalue weighted by molar-refractivity contribution is 7.89. The van der Waals surface area contributed by atoms with E-state index < -0.39 is 10.0 Å². The van der Waals surface area contributed by atoms with Crippen molar-refractivity contribution in [2.75, 3.05) is 18.5 Å². The molecule has 3 rings (SSSR count). The lowest BCUT2D eigenvalue weighted by atomic mass is 10.2. The molecule has 0 radical (unpaired) electrons. The number of nitrogens with zero attached hydrogens (tertiary/aromatic N) is 2. The molecule has 1 fully saturated rings. The van der Waals surface area contributed by atoms with E-state index >= 15 is 0 Å². The summed E-state index contributed by atoms with van der Waals surface area (Å²) in [5.74, 6) is 0.737. The number of benzene rings is 1. The largest absolute Gasteiger partial charge is 0.377 e. The van der Waals surface area contributed by atoms with Crippen LogP contribution in [0.3, 0.4) is 0 Å². The summed E-state index contributed by atoms with van der Waals surface area (Å²) < 4.78 is 36.7. The van der Waals surface area contributed by atoms with E-state index in [-0.39, 0.29) is 11.0 Å². The van der Waals surface area contributed by atoms with Crippen LogP contribution in [0.4, 0.5) is 5.13 Å². The van der Waals surface area contributed by atoms with Gasteiger partial charge in [0.15, 0.2) is 0 Å². The third kappa shape index (κ3) is 4.50. The van der Waals surface area contributed by atoms with E-state index in [2.05, 4.69) is 19.4 Å². The first kappa shape index (κ1) is 17.3. The van der Waals surface area contributed by atoms with E-state index in [1.165, 1.54) is 11.5 Å². The van der Waals surface area contributed by atoms with Gasteiger partial charge < -0.3 is 10.1 Å². The van der Waals surface area contributed by atoms with Gasteiger partial charge in [0.25, 0.3) is 0 Å². The molecule has 2 heterocycles. The average Bonchev–Trinajstić information content (AvgIpc) is 3.23. The number of rotatable bonds is 7. The summed E-state index contributed by atoms with van der Waals surface area (Å²) in [6.45, 7) is 3.44. The van der Waals surface area contributed by atoms with Crippen molar-refractivity contribution in [1.82, 2.24) is 14.1 Å². The van der Waals surface area contributed by atoms with Gasteiger partial charge in [-0.1, -0.05) is 12.1 Å². The molecule has 7 nitrogen and oxygen atoms in total. The van der Waals surface area contributed by atoms with Gasteiger partial charge in [-0.2, -0.15) is 4.37 Å². The molecule has 9 heteroatoms. The lowest BCUT2D eigenvalue weighted by Gasteiger charge is -2.11. The molecule has 0 bridgehead atoms. The Labute approximate surface area is 145 Å². The lowest BCUT2D eigenvalue weighted by Crippen LogP contribution is -2.31. The number of anilines is 1. The molecular formula is C15H20N4O3S2. The summed E-state index contributed by atoms with van der Waals surface area (Å²) in [5, 5.41) is 3.92. The van der Waals surface area contributed by atoms with Gasteiger partial charge in [0.05, 0.1) is 11.0 Å². The molecule has 0 saturated carbocycles. The monoisotopic (exact) mass is 368 g/mol. The van der Waals surface area contributed by atoms with Crippen LogP contribution in [-0.4, -0.2) is 37.0 Å². The van der Waals surface area contributed by atoms with E-state index in [0.29, 0.717) is 19.7 Å². The van der Waals surface area contributed by atoms with Gasteiger partial charge in [-0.25, -0.2) is 18.1 Å². The van der Waals surface area contributed by atoms with Crippen LogP contribution in [-0.2, 0) is 21.3 Å². The van der Waals surface area contributed by atoms with Gasteiger partial charge in [0.2, 0.25) is 15.2 Å². The highest BCUT2D eigenvalue weighted by Gasteiger charge is 2.20. The van der Waals surface area contributed by atoms with Crippen molar-refractivity contribution in [2.24, 2.45) is 0 Å². The molecule has 1 atom stereocenters. The van der Waals surface area contributed by atoms with Crippen LogP contribution in [0.25, 0.3) is 0 Å². The SMILES string of the molecule is Cc1nsc(NCc2ccc(S(=O)(=O)NCC3CCCO3)cc2)n1. The van der Waals surface area contributed by atoms with Gasteiger partial charge >= 0.3 is 0 Å². The highest BCUT2D eigenvalue weighted by atomic mass is 32.2. The van der Waals surface area contributed by atoms with Crippen molar-refractivity contribution < 1.29 is 13.2 Å². The molecule has 1 aromatic carbocycles. The number of nitrogens with one attached hydrogen (secondary N) is 2. The zero-order chi connectivity index (χ0) is 17.0. The van der Waals surface area contributed by atoms with Gasteiger partial charge in [0, 0.05) is 31.2 Å². The Morgan fingerprint density at radius 3 is 2.75 bits per heavy atom. The second kappa shape index (κ2) is 7.56. The summed E-state index contributed by atoms with van der Waals surface area (Å²) >= 11 is 1.30. The van der Waals surface area contributed by atoms with E-state index in [4.69, 9.17) is 4.74 Å². The summed E-state index contributed by atoms with van der Waals surface area (Å²) in [6, 6.07) is 6.81. The van der Waals surface area contributed by atoms with Crippen LogP contribution in [0, 0.1) is 6.92 Å². The van der Waals surface area contributed by atoms with Crippen LogP contribution >= 0.6 is 11.5 Å². The predicted octanol–water partition coefficient (Wildman–Crippen LogP) is 1.92. The van der Waals surface area contributed by atoms with E-state index in [0.717, 1.165) is 29.4 Å². The molecule has 1 aliphatic heterocycles. The second-order valence-electron chi connectivity index (χ2n) is 5.63. The van der Waals surface area contributed by atoms with Gasteiger partial charge in [0.1, 0.15) is 5.82 Å². The molecule has 1 aromatic heterocycles. The normalized spacial score (nSPS) is 18.0. The van der Waals surface area contributed by atoms with E-state index in [9.17, 15) is 8.42 Å². The Morgan fingerprint density at radius 1 is 1.33 bits per heavy atom. The van der Waals surface area contributed by atoms with Gasteiger partial charge in [-0.15, -0.1) is 0 Å². The summed E-state index contributed by atoms with van der Waals surface area (Å²) in [7, 11) is -3.50.